The molecule has 4 heteroatoms. The first-order chi connectivity index (χ1) is 9.49. The summed E-state index contributed by atoms with van der Waals surface area (Å²) in [6.45, 7) is 8.68. The molecule has 112 valence electrons. The SMILES string of the molecule is CC(C)(C)NCC1(Cc2cscn2)CCOC1C1CC1. The average Bonchev–Trinajstić information content (AvgIpc) is 2.93. The molecule has 1 aliphatic heterocycles. The van der Waals surface area contributed by atoms with Gasteiger partial charge in [0.2, 0.25) is 0 Å². The van der Waals surface area contributed by atoms with E-state index in [9.17, 15) is 0 Å². The van der Waals surface area contributed by atoms with Gasteiger partial charge in [-0.3, -0.25) is 0 Å². The molecule has 1 N–H and O–H groups in total. The first kappa shape index (κ1) is 14.5. The van der Waals surface area contributed by atoms with Crippen LogP contribution in [0.4, 0.5) is 0 Å². The number of nitrogens with zero attached hydrogens (tertiary/aromatic N) is 1. The van der Waals surface area contributed by atoms with Crippen molar-refractivity contribution in [2.45, 2.75) is 58.1 Å². The number of nitrogens with one attached hydrogen (secondary N) is 1. The molecule has 2 unspecified atom stereocenters. The van der Waals surface area contributed by atoms with Crippen molar-refractivity contribution in [1.82, 2.24) is 10.3 Å². The Balaban J connectivity index is 1.78. The third kappa shape index (κ3) is 3.23. The third-order valence-electron chi connectivity index (χ3n) is 4.54. The monoisotopic (exact) mass is 294 g/mol. The minimum absolute atomic E-state index is 0.158. The van der Waals surface area contributed by atoms with Crippen LogP contribution < -0.4 is 5.32 Å². The van der Waals surface area contributed by atoms with Crippen molar-refractivity contribution in [3.63, 3.8) is 0 Å². The van der Waals surface area contributed by atoms with Crippen LogP contribution in [0.2, 0.25) is 0 Å². The van der Waals surface area contributed by atoms with E-state index in [1.54, 1.807) is 11.3 Å². The Kier molecular flexibility index (Phi) is 3.91. The first-order valence-electron chi connectivity index (χ1n) is 7.72. The van der Waals surface area contributed by atoms with Gasteiger partial charge in [-0.25, -0.2) is 4.98 Å². The molecule has 0 radical (unpaired) electrons. The van der Waals surface area contributed by atoms with Crippen LogP contribution in [-0.2, 0) is 11.2 Å². The van der Waals surface area contributed by atoms with Crippen LogP contribution >= 0.6 is 11.3 Å². The minimum atomic E-state index is 0.158. The van der Waals surface area contributed by atoms with Crippen molar-refractivity contribution in [3.05, 3.63) is 16.6 Å². The van der Waals surface area contributed by atoms with Crippen LogP contribution in [0, 0.1) is 11.3 Å². The average molecular weight is 294 g/mol. The summed E-state index contributed by atoms with van der Waals surface area (Å²) < 4.78 is 6.14. The number of ether oxygens (including phenoxy) is 1. The first-order valence-corrected chi connectivity index (χ1v) is 8.67. The summed E-state index contributed by atoms with van der Waals surface area (Å²) in [5.74, 6) is 0.790. The standard InChI is InChI=1S/C16H26N2OS/c1-15(2,3)18-10-16(8-13-9-20-11-17-13)6-7-19-14(16)12-4-5-12/h9,11-12,14,18H,4-8,10H2,1-3H3. The number of thiazole rings is 1. The van der Waals surface area contributed by atoms with Gasteiger partial charge in [0.05, 0.1) is 17.3 Å². The van der Waals surface area contributed by atoms with Crippen molar-refractivity contribution >= 4 is 11.3 Å². The number of hydrogen-bond donors (Lipinski definition) is 1. The number of aromatic nitrogens is 1. The summed E-state index contributed by atoms with van der Waals surface area (Å²) in [7, 11) is 0. The quantitative estimate of drug-likeness (QED) is 0.905. The molecule has 3 nitrogen and oxygen atoms in total. The van der Waals surface area contributed by atoms with Crippen LogP contribution in [0.3, 0.4) is 0 Å². The normalized spacial score (nSPS) is 30.9. The Hall–Kier alpha value is -0.450. The molecule has 2 heterocycles. The lowest BCUT2D eigenvalue weighted by Crippen LogP contribution is -2.49. The van der Waals surface area contributed by atoms with Gasteiger partial charge in [-0.2, -0.15) is 0 Å². The maximum Gasteiger partial charge on any atom is 0.0794 e. The van der Waals surface area contributed by atoms with E-state index in [-0.39, 0.29) is 11.0 Å². The van der Waals surface area contributed by atoms with E-state index in [0.29, 0.717) is 6.10 Å². The summed E-state index contributed by atoms with van der Waals surface area (Å²) in [5, 5.41) is 5.92. The lowest BCUT2D eigenvalue weighted by Gasteiger charge is -2.37. The summed E-state index contributed by atoms with van der Waals surface area (Å²) in [4.78, 5) is 4.52. The van der Waals surface area contributed by atoms with Gasteiger partial charge in [0.1, 0.15) is 0 Å². The van der Waals surface area contributed by atoms with E-state index in [1.807, 2.05) is 5.51 Å². The molecule has 1 saturated carbocycles. The topological polar surface area (TPSA) is 34.2 Å². The largest absolute Gasteiger partial charge is 0.377 e. The number of rotatable bonds is 5. The molecule has 1 aromatic heterocycles. The lowest BCUT2D eigenvalue weighted by molar-refractivity contribution is 0.0276. The molecular formula is C16H26N2OS. The summed E-state index contributed by atoms with van der Waals surface area (Å²) in [6.07, 6.45) is 5.34. The third-order valence-corrected chi connectivity index (χ3v) is 5.17. The Labute approximate surface area is 126 Å². The van der Waals surface area contributed by atoms with Gasteiger partial charge in [0.15, 0.2) is 0 Å². The van der Waals surface area contributed by atoms with Crippen molar-refractivity contribution < 1.29 is 4.74 Å². The maximum atomic E-state index is 6.14. The molecule has 2 aliphatic rings. The fraction of sp³-hybridized carbons (Fsp3) is 0.812. The Morgan fingerprint density at radius 1 is 1.45 bits per heavy atom. The van der Waals surface area contributed by atoms with Crippen LogP contribution in [-0.4, -0.2) is 29.8 Å². The second kappa shape index (κ2) is 5.39. The predicted molar refractivity (Wildman–Crippen MR) is 83.1 cm³/mol. The molecule has 0 amide bonds. The fourth-order valence-corrected chi connectivity index (χ4v) is 3.87. The van der Waals surface area contributed by atoms with E-state index >= 15 is 0 Å². The highest BCUT2D eigenvalue weighted by molar-refractivity contribution is 7.07. The van der Waals surface area contributed by atoms with Gasteiger partial charge in [0.25, 0.3) is 0 Å². The molecule has 1 aliphatic carbocycles. The zero-order valence-corrected chi connectivity index (χ0v) is 13.6. The molecule has 1 aromatic rings. The molecular weight excluding hydrogens is 268 g/mol. The van der Waals surface area contributed by atoms with Crippen LogP contribution in [0.25, 0.3) is 0 Å². The zero-order valence-electron chi connectivity index (χ0n) is 12.8. The summed E-state index contributed by atoms with van der Waals surface area (Å²) in [5.41, 5.74) is 3.58. The Morgan fingerprint density at radius 3 is 2.85 bits per heavy atom. The van der Waals surface area contributed by atoms with Crippen molar-refractivity contribution in [3.8, 4) is 0 Å². The van der Waals surface area contributed by atoms with Crippen LogP contribution in [0.5, 0.6) is 0 Å². The Bertz CT molecular complexity index is 436. The van der Waals surface area contributed by atoms with E-state index in [1.165, 1.54) is 18.5 Å². The van der Waals surface area contributed by atoms with Crippen molar-refractivity contribution in [1.29, 1.82) is 0 Å². The van der Waals surface area contributed by atoms with Crippen molar-refractivity contribution in [2.24, 2.45) is 11.3 Å². The highest BCUT2D eigenvalue weighted by Crippen LogP contribution is 2.49. The van der Waals surface area contributed by atoms with Gasteiger partial charge in [-0.15, -0.1) is 11.3 Å². The fourth-order valence-electron chi connectivity index (χ4n) is 3.31. The second-order valence-electron chi connectivity index (χ2n) is 7.50. The molecule has 0 aromatic carbocycles. The van der Waals surface area contributed by atoms with E-state index in [4.69, 9.17) is 4.74 Å². The zero-order chi connectivity index (χ0) is 14.2. The highest BCUT2D eigenvalue weighted by Gasteiger charge is 2.51. The van der Waals surface area contributed by atoms with Gasteiger partial charge in [-0.1, -0.05) is 0 Å². The molecule has 20 heavy (non-hydrogen) atoms. The Morgan fingerprint density at radius 2 is 2.25 bits per heavy atom. The summed E-state index contributed by atoms with van der Waals surface area (Å²) >= 11 is 1.70. The van der Waals surface area contributed by atoms with Crippen molar-refractivity contribution in [2.75, 3.05) is 13.2 Å². The van der Waals surface area contributed by atoms with Gasteiger partial charge >= 0.3 is 0 Å². The predicted octanol–water partition coefficient (Wildman–Crippen LogP) is 3.26. The lowest BCUT2D eigenvalue weighted by atomic mass is 9.74. The van der Waals surface area contributed by atoms with E-state index < -0.39 is 0 Å². The van der Waals surface area contributed by atoms with Crippen LogP contribution in [0.1, 0.15) is 45.7 Å². The van der Waals surface area contributed by atoms with Gasteiger partial charge < -0.3 is 10.1 Å². The molecule has 2 atom stereocenters. The van der Waals surface area contributed by atoms with E-state index in [0.717, 1.165) is 31.9 Å². The highest BCUT2D eigenvalue weighted by atomic mass is 32.1. The van der Waals surface area contributed by atoms with Gasteiger partial charge in [-0.05, 0) is 52.4 Å². The molecule has 3 rings (SSSR count). The van der Waals surface area contributed by atoms with Gasteiger partial charge in [0, 0.05) is 29.5 Å². The molecule has 0 bridgehead atoms. The molecule has 1 saturated heterocycles. The van der Waals surface area contributed by atoms with E-state index in [2.05, 4.69) is 36.5 Å². The molecule has 2 fully saturated rings. The molecule has 0 spiro atoms. The van der Waals surface area contributed by atoms with Crippen LogP contribution in [0.15, 0.2) is 10.9 Å². The minimum Gasteiger partial charge on any atom is -0.377 e. The maximum absolute atomic E-state index is 6.14. The smallest absolute Gasteiger partial charge is 0.0794 e. The number of hydrogen-bond acceptors (Lipinski definition) is 4. The second-order valence-corrected chi connectivity index (χ2v) is 8.22. The summed E-state index contributed by atoms with van der Waals surface area (Å²) in [6, 6.07) is 0.